The molecule has 5 nitrogen and oxygen atoms in total. The molecule has 0 spiro atoms. The van der Waals surface area contributed by atoms with Crippen molar-refractivity contribution < 1.29 is 4.42 Å². The molecule has 1 aromatic heterocycles. The summed E-state index contributed by atoms with van der Waals surface area (Å²) in [4.78, 5) is 14.1. The van der Waals surface area contributed by atoms with E-state index < -0.39 is 0 Å². The summed E-state index contributed by atoms with van der Waals surface area (Å²) in [5.74, 6) is 0. The molecule has 0 radical (unpaired) electrons. The van der Waals surface area contributed by atoms with Crippen LogP contribution in [0.3, 0.4) is 0 Å². The topological polar surface area (TPSA) is 57.5 Å². The van der Waals surface area contributed by atoms with Crippen LogP contribution in [0.1, 0.15) is 0 Å². The maximum atomic E-state index is 11.8. The van der Waals surface area contributed by atoms with Gasteiger partial charge in [0, 0.05) is 38.6 Å². The lowest BCUT2D eigenvalue weighted by atomic mass is 10.1. The molecule has 2 heterocycles. The molecule has 1 fully saturated rings. The standard InChI is InChI=1S/C14H17N3O2.ClH/c1-15-11-9-10-3-2-4-12(13(10)19-14(11)18)17-7-5-16-6-8-17;/h2-4,9,15-16H,5-8H2,1H3;1H. The number of nitrogens with one attached hydrogen (secondary N) is 2. The predicted molar refractivity (Wildman–Crippen MR) is 84.4 cm³/mol. The van der Waals surface area contributed by atoms with Gasteiger partial charge in [-0.05, 0) is 12.1 Å². The van der Waals surface area contributed by atoms with Gasteiger partial charge in [-0.3, -0.25) is 0 Å². The smallest absolute Gasteiger partial charge is 0.359 e. The van der Waals surface area contributed by atoms with Gasteiger partial charge in [0.05, 0.1) is 5.69 Å². The molecule has 108 valence electrons. The van der Waals surface area contributed by atoms with Gasteiger partial charge in [0.25, 0.3) is 0 Å². The van der Waals surface area contributed by atoms with Crippen LogP contribution < -0.4 is 21.2 Å². The Bertz CT molecular complexity index is 650. The van der Waals surface area contributed by atoms with Gasteiger partial charge in [0.2, 0.25) is 0 Å². The third kappa shape index (κ3) is 2.59. The van der Waals surface area contributed by atoms with Gasteiger partial charge < -0.3 is 20.0 Å². The van der Waals surface area contributed by atoms with Gasteiger partial charge >= 0.3 is 5.63 Å². The molecule has 1 aromatic carbocycles. The highest BCUT2D eigenvalue weighted by molar-refractivity contribution is 5.90. The highest BCUT2D eigenvalue weighted by atomic mass is 35.5. The van der Waals surface area contributed by atoms with Crippen LogP contribution in [-0.2, 0) is 0 Å². The van der Waals surface area contributed by atoms with Crippen molar-refractivity contribution in [1.82, 2.24) is 5.32 Å². The molecule has 6 heteroatoms. The first kappa shape index (κ1) is 14.7. The molecule has 1 saturated heterocycles. The highest BCUT2D eigenvalue weighted by Crippen LogP contribution is 2.27. The number of halogens is 1. The van der Waals surface area contributed by atoms with E-state index in [0.717, 1.165) is 37.3 Å². The first-order chi connectivity index (χ1) is 9.29. The molecular weight excluding hydrogens is 278 g/mol. The average molecular weight is 296 g/mol. The Balaban J connectivity index is 0.00000147. The number of rotatable bonds is 2. The Morgan fingerprint density at radius 2 is 2.05 bits per heavy atom. The normalized spacial score (nSPS) is 14.9. The second kappa shape index (κ2) is 6.15. The summed E-state index contributed by atoms with van der Waals surface area (Å²) < 4.78 is 5.49. The molecule has 0 atom stereocenters. The number of fused-ring (bicyclic) bond motifs is 1. The largest absolute Gasteiger partial charge is 0.419 e. The molecule has 0 unspecified atom stereocenters. The van der Waals surface area contributed by atoms with Crippen molar-refractivity contribution in [3.05, 3.63) is 34.7 Å². The van der Waals surface area contributed by atoms with E-state index in [-0.39, 0.29) is 18.0 Å². The summed E-state index contributed by atoms with van der Waals surface area (Å²) in [5, 5.41) is 7.12. The number of nitrogens with zero attached hydrogens (tertiary/aromatic N) is 1. The van der Waals surface area contributed by atoms with Crippen molar-refractivity contribution in [2.24, 2.45) is 0 Å². The summed E-state index contributed by atoms with van der Waals surface area (Å²) in [6.07, 6.45) is 0. The molecule has 0 amide bonds. The van der Waals surface area contributed by atoms with E-state index in [1.165, 1.54) is 0 Å². The average Bonchev–Trinajstić information content (AvgIpc) is 2.47. The van der Waals surface area contributed by atoms with E-state index in [1.54, 1.807) is 7.05 Å². The molecule has 20 heavy (non-hydrogen) atoms. The van der Waals surface area contributed by atoms with Gasteiger partial charge in [-0.25, -0.2) is 4.79 Å². The Kier molecular flexibility index (Phi) is 4.52. The van der Waals surface area contributed by atoms with Crippen LogP contribution in [-0.4, -0.2) is 33.2 Å². The number of para-hydroxylation sites is 1. The summed E-state index contributed by atoms with van der Waals surface area (Å²) in [7, 11) is 1.72. The van der Waals surface area contributed by atoms with Crippen molar-refractivity contribution >= 4 is 34.8 Å². The molecular formula is C14H18ClN3O2. The zero-order valence-corrected chi connectivity index (χ0v) is 12.1. The minimum atomic E-state index is -0.322. The monoisotopic (exact) mass is 295 g/mol. The number of benzene rings is 1. The van der Waals surface area contributed by atoms with Crippen LogP contribution in [0, 0.1) is 0 Å². The summed E-state index contributed by atoms with van der Waals surface area (Å²) in [6, 6.07) is 7.81. The third-order valence-corrected chi connectivity index (χ3v) is 3.47. The van der Waals surface area contributed by atoms with Crippen molar-refractivity contribution in [2.75, 3.05) is 43.4 Å². The summed E-state index contributed by atoms with van der Waals surface area (Å²) in [5.41, 5.74) is 1.84. The highest BCUT2D eigenvalue weighted by Gasteiger charge is 2.15. The van der Waals surface area contributed by atoms with E-state index in [2.05, 4.69) is 15.5 Å². The van der Waals surface area contributed by atoms with E-state index in [9.17, 15) is 4.79 Å². The molecule has 2 aromatic rings. The van der Waals surface area contributed by atoms with Crippen molar-refractivity contribution in [3.63, 3.8) is 0 Å². The fourth-order valence-corrected chi connectivity index (χ4v) is 2.46. The zero-order chi connectivity index (χ0) is 13.2. The Morgan fingerprint density at radius 3 is 2.75 bits per heavy atom. The van der Waals surface area contributed by atoms with Crippen molar-refractivity contribution in [2.45, 2.75) is 0 Å². The van der Waals surface area contributed by atoms with E-state index >= 15 is 0 Å². The zero-order valence-electron chi connectivity index (χ0n) is 11.3. The lowest BCUT2D eigenvalue weighted by molar-refractivity contribution is 0.553. The van der Waals surface area contributed by atoms with Crippen LogP contribution in [0.25, 0.3) is 11.0 Å². The second-order valence-corrected chi connectivity index (χ2v) is 4.63. The van der Waals surface area contributed by atoms with Gasteiger partial charge in [0.15, 0.2) is 5.58 Å². The molecule has 2 N–H and O–H groups in total. The van der Waals surface area contributed by atoms with E-state index in [4.69, 9.17) is 4.42 Å². The quantitative estimate of drug-likeness (QED) is 0.826. The molecule has 0 aliphatic carbocycles. The lowest BCUT2D eigenvalue weighted by Gasteiger charge is -2.29. The SMILES string of the molecule is CNc1cc2cccc(N3CCNCC3)c2oc1=O.Cl. The predicted octanol–water partition coefficient (Wildman–Crippen LogP) is 1.67. The molecule has 0 saturated carbocycles. The first-order valence-corrected chi connectivity index (χ1v) is 6.50. The molecule has 1 aliphatic rings. The van der Waals surface area contributed by atoms with Crippen LogP contribution in [0.2, 0.25) is 0 Å². The molecule has 0 bridgehead atoms. The van der Waals surface area contributed by atoms with Gasteiger partial charge in [-0.2, -0.15) is 0 Å². The molecule has 1 aliphatic heterocycles. The van der Waals surface area contributed by atoms with Crippen LogP contribution >= 0.6 is 12.4 Å². The minimum absolute atomic E-state index is 0. The number of hydrogen-bond acceptors (Lipinski definition) is 5. The summed E-state index contributed by atoms with van der Waals surface area (Å²) in [6.45, 7) is 3.76. The number of piperazine rings is 1. The maximum Gasteiger partial charge on any atom is 0.359 e. The third-order valence-electron chi connectivity index (χ3n) is 3.47. The number of anilines is 2. The molecule has 3 rings (SSSR count). The summed E-state index contributed by atoms with van der Waals surface area (Å²) >= 11 is 0. The Labute approximate surface area is 123 Å². The van der Waals surface area contributed by atoms with E-state index in [1.807, 2.05) is 24.3 Å². The Morgan fingerprint density at radius 1 is 1.30 bits per heavy atom. The van der Waals surface area contributed by atoms with Crippen LogP contribution in [0.15, 0.2) is 33.5 Å². The Hall–Kier alpha value is -1.72. The van der Waals surface area contributed by atoms with Crippen molar-refractivity contribution in [1.29, 1.82) is 0 Å². The number of hydrogen-bond donors (Lipinski definition) is 2. The maximum absolute atomic E-state index is 11.8. The van der Waals surface area contributed by atoms with E-state index in [0.29, 0.717) is 11.3 Å². The van der Waals surface area contributed by atoms with Gasteiger partial charge in [0.1, 0.15) is 5.69 Å². The van der Waals surface area contributed by atoms with Gasteiger partial charge in [-0.1, -0.05) is 12.1 Å². The van der Waals surface area contributed by atoms with Crippen LogP contribution in [0.4, 0.5) is 11.4 Å². The van der Waals surface area contributed by atoms with Gasteiger partial charge in [-0.15, -0.1) is 12.4 Å². The second-order valence-electron chi connectivity index (χ2n) is 4.63. The minimum Gasteiger partial charge on any atom is -0.419 e. The van der Waals surface area contributed by atoms with Crippen molar-refractivity contribution in [3.8, 4) is 0 Å². The first-order valence-electron chi connectivity index (χ1n) is 6.50. The lowest BCUT2D eigenvalue weighted by Crippen LogP contribution is -2.43. The fraction of sp³-hybridized carbons (Fsp3) is 0.357. The fourth-order valence-electron chi connectivity index (χ4n) is 2.46. The van der Waals surface area contributed by atoms with Crippen LogP contribution in [0.5, 0.6) is 0 Å².